The minimum atomic E-state index is -0.0237. The fourth-order valence-corrected chi connectivity index (χ4v) is 2.43. The lowest BCUT2D eigenvalue weighted by atomic mass is 10.3. The van der Waals surface area contributed by atoms with Crippen LogP contribution in [-0.4, -0.2) is 16.0 Å². The van der Waals surface area contributed by atoms with Crippen molar-refractivity contribution in [1.29, 1.82) is 5.41 Å². The van der Waals surface area contributed by atoms with Crippen LogP contribution in [0.1, 0.15) is 5.56 Å². The highest BCUT2D eigenvalue weighted by Gasteiger charge is 2.08. The largest absolute Gasteiger partial charge is 0.384 e. The van der Waals surface area contributed by atoms with Crippen molar-refractivity contribution < 1.29 is 0 Å². The minimum absolute atomic E-state index is 0.0237. The quantitative estimate of drug-likeness (QED) is 0.660. The zero-order valence-corrected chi connectivity index (χ0v) is 10.3. The highest BCUT2D eigenvalue weighted by molar-refractivity contribution is 7.99. The summed E-state index contributed by atoms with van der Waals surface area (Å²) >= 11 is 7.27. The number of nitrogen functional groups attached to an aromatic ring is 1. The number of benzene rings is 1. The lowest BCUT2D eigenvalue weighted by Crippen LogP contribution is -2.13. The molecule has 0 bridgehead atoms. The van der Waals surface area contributed by atoms with Gasteiger partial charge in [-0.15, -0.1) is 5.10 Å². The fourth-order valence-electron chi connectivity index (χ4n) is 1.24. The van der Waals surface area contributed by atoms with Gasteiger partial charge in [-0.1, -0.05) is 29.4 Å². The van der Waals surface area contributed by atoms with E-state index in [0.717, 1.165) is 4.90 Å². The zero-order chi connectivity index (χ0) is 12.3. The van der Waals surface area contributed by atoms with Crippen molar-refractivity contribution in [2.45, 2.75) is 9.92 Å². The molecule has 0 aliphatic heterocycles. The van der Waals surface area contributed by atoms with Gasteiger partial charge in [-0.05, 0) is 24.3 Å². The number of nitrogens with one attached hydrogen (secondary N) is 1. The van der Waals surface area contributed by atoms with Gasteiger partial charge in [-0.25, -0.2) is 0 Å². The summed E-state index contributed by atoms with van der Waals surface area (Å²) in [6.45, 7) is 0. The number of amidine groups is 1. The molecule has 2 rings (SSSR count). The Bertz CT molecular complexity index is 559. The van der Waals surface area contributed by atoms with Crippen LogP contribution >= 0.6 is 23.4 Å². The maximum atomic E-state index is 7.45. The molecule has 0 fully saturated rings. The Morgan fingerprint density at radius 2 is 2.18 bits per heavy atom. The van der Waals surface area contributed by atoms with Gasteiger partial charge >= 0.3 is 0 Å². The van der Waals surface area contributed by atoms with Crippen molar-refractivity contribution in [3.63, 3.8) is 0 Å². The van der Waals surface area contributed by atoms with E-state index in [2.05, 4.69) is 10.2 Å². The van der Waals surface area contributed by atoms with Crippen LogP contribution in [0.2, 0.25) is 5.02 Å². The van der Waals surface area contributed by atoms with Gasteiger partial charge in [0.05, 0.1) is 11.8 Å². The van der Waals surface area contributed by atoms with Crippen molar-refractivity contribution in [2.75, 3.05) is 0 Å². The van der Waals surface area contributed by atoms with E-state index in [1.54, 1.807) is 12.1 Å². The number of halogens is 1. The van der Waals surface area contributed by atoms with Crippen molar-refractivity contribution in [3.8, 4) is 0 Å². The molecule has 1 aromatic heterocycles. The average molecular weight is 265 g/mol. The molecule has 86 valence electrons. The SMILES string of the molecule is N=C(N)c1ccnnc1Sc1cccc(Cl)c1. The van der Waals surface area contributed by atoms with Crippen LogP contribution in [0.25, 0.3) is 0 Å². The zero-order valence-electron chi connectivity index (χ0n) is 8.72. The van der Waals surface area contributed by atoms with E-state index < -0.39 is 0 Å². The van der Waals surface area contributed by atoms with E-state index in [-0.39, 0.29) is 5.84 Å². The Labute approximate surface area is 108 Å². The second kappa shape index (κ2) is 5.16. The number of nitrogens with zero attached hydrogens (tertiary/aromatic N) is 2. The van der Waals surface area contributed by atoms with Crippen molar-refractivity contribution >= 4 is 29.2 Å². The van der Waals surface area contributed by atoms with E-state index in [4.69, 9.17) is 22.7 Å². The molecule has 1 aromatic carbocycles. The molecule has 0 amide bonds. The Kier molecular flexibility index (Phi) is 3.61. The van der Waals surface area contributed by atoms with Gasteiger partial charge in [0.25, 0.3) is 0 Å². The normalized spacial score (nSPS) is 10.2. The van der Waals surface area contributed by atoms with Gasteiger partial charge in [0.2, 0.25) is 0 Å². The predicted molar refractivity (Wildman–Crippen MR) is 68.6 cm³/mol. The highest BCUT2D eigenvalue weighted by Crippen LogP contribution is 2.29. The third kappa shape index (κ3) is 2.95. The second-order valence-corrected chi connectivity index (χ2v) is 4.72. The van der Waals surface area contributed by atoms with Crippen LogP contribution in [-0.2, 0) is 0 Å². The van der Waals surface area contributed by atoms with Crippen molar-refractivity contribution in [1.82, 2.24) is 10.2 Å². The first kappa shape index (κ1) is 11.9. The predicted octanol–water partition coefficient (Wildman–Crippen LogP) is 2.57. The first-order valence-electron chi connectivity index (χ1n) is 4.76. The summed E-state index contributed by atoms with van der Waals surface area (Å²) in [5, 5.41) is 16.5. The van der Waals surface area contributed by atoms with Crippen LogP contribution in [0.5, 0.6) is 0 Å². The van der Waals surface area contributed by atoms with Crippen molar-refractivity contribution in [2.24, 2.45) is 5.73 Å². The monoisotopic (exact) mass is 264 g/mol. The second-order valence-electron chi connectivity index (χ2n) is 3.22. The molecule has 6 heteroatoms. The van der Waals surface area contributed by atoms with Crippen LogP contribution in [0.3, 0.4) is 0 Å². The van der Waals surface area contributed by atoms with Gasteiger partial charge in [-0.2, -0.15) is 5.10 Å². The van der Waals surface area contributed by atoms with Gasteiger partial charge in [-0.3, -0.25) is 5.41 Å². The molecule has 0 radical (unpaired) electrons. The number of nitrogens with two attached hydrogens (primary N) is 1. The van der Waals surface area contributed by atoms with Gasteiger partial charge in [0.1, 0.15) is 10.9 Å². The van der Waals surface area contributed by atoms with Crippen LogP contribution in [0.15, 0.2) is 46.5 Å². The van der Waals surface area contributed by atoms with Crippen LogP contribution in [0.4, 0.5) is 0 Å². The molecule has 0 saturated heterocycles. The molecule has 2 aromatic rings. The lowest BCUT2D eigenvalue weighted by molar-refractivity contribution is 0.921. The van der Waals surface area contributed by atoms with Gasteiger partial charge in [0, 0.05) is 9.92 Å². The highest BCUT2D eigenvalue weighted by atomic mass is 35.5. The molecular weight excluding hydrogens is 256 g/mol. The molecular formula is C11H9ClN4S. The fraction of sp³-hybridized carbons (Fsp3) is 0. The van der Waals surface area contributed by atoms with E-state index >= 15 is 0 Å². The number of aromatic nitrogens is 2. The van der Waals surface area contributed by atoms with E-state index in [1.807, 2.05) is 18.2 Å². The Morgan fingerprint density at radius 3 is 2.88 bits per heavy atom. The van der Waals surface area contributed by atoms with E-state index in [0.29, 0.717) is 15.6 Å². The Morgan fingerprint density at radius 1 is 1.35 bits per heavy atom. The summed E-state index contributed by atoms with van der Waals surface area (Å²) < 4.78 is 0. The topological polar surface area (TPSA) is 75.7 Å². The molecule has 0 aliphatic carbocycles. The standard InChI is InChI=1S/C11H9ClN4S/c12-7-2-1-3-8(6-7)17-11-9(10(13)14)4-5-15-16-11/h1-6H,(H3,13,14). The summed E-state index contributed by atoms with van der Waals surface area (Å²) in [6.07, 6.45) is 1.51. The van der Waals surface area contributed by atoms with E-state index in [1.165, 1.54) is 18.0 Å². The third-order valence-corrected chi connectivity index (χ3v) is 3.21. The molecule has 0 aliphatic rings. The molecule has 0 unspecified atom stereocenters. The maximum absolute atomic E-state index is 7.45. The Hall–Kier alpha value is -1.59. The summed E-state index contributed by atoms with van der Waals surface area (Å²) in [5.74, 6) is -0.0237. The molecule has 17 heavy (non-hydrogen) atoms. The van der Waals surface area contributed by atoms with Crippen LogP contribution in [0, 0.1) is 5.41 Å². The average Bonchev–Trinajstić information content (AvgIpc) is 2.29. The molecule has 4 nitrogen and oxygen atoms in total. The minimum Gasteiger partial charge on any atom is -0.384 e. The molecule has 0 spiro atoms. The summed E-state index contributed by atoms with van der Waals surface area (Å²) in [6, 6.07) is 9.06. The third-order valence-electron chi connectivity index (χ3n) is 1.99. The number of hydrogen-bond donors (Lipinski definition) is 2. The molecule has 0 atom stereocenters. The van der Waals surface area contributed by atoms with Gasteiger partial charge in [0.15, 0.2) is 0 Å². The molecule has 1 heterocycles. The smallest absolute Gasteiger partial charge is 0.134 e. The first-order chi connectivity index (χ1) is 8.16. The number of rotatable bonds is 3. The number of hydrogen-bond acceptors (Lipinski definition) is 4. The summed E-state index contributed by atoms with van der Waals surface area (Å²) in [5.41, 5.74) is 6.05. The molecule has 0 saturated carbocycles. The van der Waals surface area contributed by atoms with E-state index in [9.17, 15) is 0 Å². The van der Waals surface area contributed by atoms with Crippen molar-refractivity contribution in [3.05, 3.63) is 47.1 Å². The lowest BCUT2D eigenvalue weighted by Gasteiger charge is -2.05. The van der Waals surface area contributed by atoms with Crippen LogP contribution < -0.4 is 5.73 Å². The maximum Gasteiger partial charge on any atom is 0.134 e. The Balaban J connectivity index is 2.33. The molecule has 3 N–H and O–H groups in total. The first-order valence-corrected chi connectivity index (χ1v) is 5.96. The summed E-state index contributed by atoms with van der Waals surface area (Å²) in [4.78, 5) is 0.931. The van der Waals surface area contributed by atoms with Gasteiger partial charge < -0.3 is 5.73 Å². The summed E-state index contributed by atoms with van der Waals surface area (Å²) in [7, 11) is 0.